The number of benzene rings is 2. The largest absolute Gasteiger partial charge is 0.396 e. The van der Waals surface area contributed by atoms with Crippen LogP contribution in [0.2, 0.25) is 0 Å². The van der Waals surface area contributed by atoms with E-state index >= 15 is 0 Å². The van der Waals surface area contributed by atoms with E-state index in [-0.39, 0.29) is 58.3 Å². The minimum atomic E-state index is -0.919. The molecule has 0 fully saturated rings. The summed E-state index contributed by atoms with van der Waals surface area (Å²) in [6, 6.07) is 7.72. The van der Waals surface area contributed by atoms with Gasteiger partial charge in [-0.3, -0.25) is 9.59 Å². The third kappa shape index (κ3) is 12.4. The molecule has 0 amide bonds. The molecule has 14 nitrogen and oxygen atoms in total. The predicted octanol–water partition coefficient (Wildman–Crippen LogP) is 6.35. The third-order valence-electron chi connectivity index (χ3n) is 8.30. The highest BCUT2D eigenvalue weighted by Crippen LogP contribution is 2.28. The second-order valence-corrected chi connectivity index (χ2v) is 15.2. The van der Waals surface area contributed by atoms with Gasteiger partial charge in [0.05, 0.1) is 25.0 Å². The quantitative estimate of drug-likeness (QED) is 0.0241. The van der Waals surface area contributed by atoms with Crippen LogP contribution in [-0.2, 0) is 11.5 Å². The van der Waals surface area contributed by atoms with Gasteiger partial charge >= 0.3 is 0 Å². The molecule has 0 bridgehead atoms. The summed E-state index contributed by atoms with van der Waals surface area (Å²) >= 11 is 2.23. The highest BCUT2D eigenvalue weighted by atomic mass is 32.2. The van der Waals surface area contributed by atoms with Gasteiger partial charge in [0.1, 0.15) is 11.0 Å². The molecule has 1 unspecified atom stereocenters. The van der Waals surface area contributed by atoms with E-state index in [2.05, 4.69) is 50.5 Å². The van der Waals surface area contributed by atoms with Crippen molar-refractivity contribution in [1.82, 2.24) is 39.9 Å². The smallest absolute Gasteiger partial charge is 0.268 e. The maximum absolute atomic E-state index is 13.9. The highest BCUT2D eigenvalue weighted by Gasteiger charge is 2.18. The summed E-state index contributed by atoms with van der Waals surface area (Å²) in [5.41, 5.74) is 0.858. The van der Waals surface area contributed by atoms with Crippen molar-refractivity contribution in [3.05, 3.63) is 104 Å². The number of thioether (sulfide) groups is 2. The molecule has 6 aromatic rings. The van der Waals surface area contributed by atoms with Crippen molar-refractivity contribution in [2.45, 2.75) is 73.8 Å². The van der Waals surface area contributed by atoms with Gasteiger partial charge in [-0.2, -0.15) is 0 Å². The summed E-state index contributed by atoms with van der Waals surface area (Å²) in [5.74, 6) is -2.22. The molecule has 0 radical (unpaired) electrons. The van der Waals surface area contributed by atoms with E-state index in [1.54, 1.807) is 0 Å². The number of hydrogen-bond acceptors (Lipinski definition) is 14. The number of unbranched alkanes of at least 4 members (excludes halogenated alkanes) is 3. The Morgan fingerprint density at radius 2 is 1.22 bits per heavy atom. The van der Waals surface area contributed by atoms with Crippen LogP contribution in [0, 0.1) is 29.2 Å². The Balaban J connectivity index is 0.000000221. The zero-order valence-electron chi connectivity index (χ0n) is 31.6. The predicted molar refractivity (Wildman–Crippen MR) is 216 cm³/mol. The highest BCUT2D eigenvalue weighted by molar-refractivity contribution is 7.98. The molecule has 0 saturated heterocycles. The van der Waals surface area contributed by atoms with Crippen LogP contribution < -0.4 is 21.8 Å². The van der Waals surface area contributed by atoms with Gasteiger partial charge in [0.25, 0.3) is 11.1 Å². The van der Waals surface area contributed by atoms with Gasteiger partial charge in [-0.1, -0.05) is 74.5 Å². The summed E-state index contributed by atoms with van der Waals surface area (Å²) in [4.78, 5) is 54.1. The van der Waals surface area contributed by atoms with E-state index in [0.717, 1.165) is 73.7 Å². The number of aliphatic hydroxyl groups excluding tert-OH is 2. The molecule has 6 N–H and O–H groups in total. The van der Waals surface area contributed by atoms with Crippen LogP contribution in [0.5, 0.6) is 0 Å². The second-order valence-electron chi connectivity index (χ2n) is 13.3. The average Bonchev–Trinajstić information content (AvgIpc) is 3.19. The van der Waals surface area contributed by atoms with Crippen molar-refractivity contribution in [1.29, 1.82) is 0 Å². The van der Waals surface area contributed by atoms with Gasteiger partial charge in [-0.05, 0) is 37.3 Å². The van der Waals surface area contributed by atoms with Gasteiger partial charge in [0, 0.05) is 35.8 Å². The first-order valence-electron chi connectivity index (χ1n) is 18.3. The Morgan fingerprint density at radius 3 is 1.74 bits per heavy atom. The number of aromatic amines is 2. The standard InChI is InChI=1S/2C19H21F2N5O2S/c1-10(2)6-12(8-27)23-17-16-18(24-14(28)7-22-16)26-19(25-17)29-9-11-4-3-5-13(20)15(11)21;20-13-7-5-6-12(15(13)21)11-29-19-25-17(22-8-3-1-2-4-9-27)16-18(26-19)24-14(28)10-23-16/h3-5,7,10,12,27H,6,8-9H2,1-2H3,(H2,23,24,25,26,28);5-7,10,27H,1-4,8-9,11H2,(H2,22,24,25,26,28). The van der Waals surface area contributed by atoms with Gasteiger partial charge in [0.2, 0.25) is 0 Å². The third-order valence-corrected chi connectivity index (χ3v) is 10.1. The lowest BCUT2D eigenvalue weighted by Crippen LogP contribution is -2.26. The number of aliphatic hydroxyl groups is 2. The number of nitrogens with one attached hydrogen (secondary N) is 4. The molecule has 308 valence electrons. The number of nitrogens with zero attached hydrogens (tertiary/aromatic N) is 6. The molecule has 0 aliphatic carbocycles. The van der Waals surface area contributed by atoms with Crippen LogP contribution in [0.3, 0.4) is 0 Å². The number of anilines is 2. The van der Waals surface area contributed by atoms with Gasteiger partial charge in [-0.25, -0.2) is 47.5 Å². The monoisotopic (exact) mass is 842 g/mol. The molecule has 20 heteroatoms. The van der Waals surface area contributed by atoms with Crippen molar-refractivity contribution < 1.29 is 27.8 Å². The van der Waals surface area contributed by atoms with E-state index in [1.807, 2.05) is 13.8 Å². The Morgan fingerprint density at radius 1 is 0.707 bits per heavy atom. The van der Waals surface area contributed by atoms with E-state index in [4.69, 9.17) is 5.11 Å². The average molecular weight is 843 g/mol. The van der Waals surface area contributed by atoms with Crippen molar-refractivity contribution in [2.75, 3.05) is 30.4 Å². The maximum atomic E-state index is 13.9. The van der Waals surface area contributed by atoms with Crippen LogP contribution in [-0.4, -0.2) is 75.9 Å². The summed E-state index contributed by atoms with van der Waals surface area (Å²) < 4.78 is 54.6. The summed E-state index contributed by atoms with van der Waals surface area (Å²) in [6.45, 7) is 4.79. The van der Waals surface area contributed by atoms with Crippen LogP contribution in [0.15, 0.2) is 68.7 Å². The molecule has 1 atom stereocenters. The maximum Gasteiger partial charge on any atom is 0.268 e. The van der Waals surface area contributed by atoms with Crippen molar-refractivity contribution >= 4 is 57.5 Å². The van der Waals surface area contributed by atoms with Crippen LogP contribution in [0.1, 0.15) is 57.1 Å². The SMILES string of the molecule is CC(C)CC(CO)Nc1nc(SCc2cccc(F)c2F)nc2[nH]c(=O)cnc12.O=c1cnc2c(NCCCCCCO)nc(SCc3cccc(F)c3F)nc2[nH]1. The number of H-pyrrole nitrogens is 2. The molecule has 0 aliphatic heterocycles. The Kier molecular flexibility index (Phi) is 16.3. The lowest BCUT2D eigenvalue weighted by atomic mass is 10.0. The first kappa shape index (κ1) is 43.9. The molecular formula is C38H42F4N10O4S2. The number of hydrogen-bond donors (Lipinski definition) is 6. The van der Waals surface area contributed by atoms with Gasteiger partial charge < -0.3 is 30.8 Å². The summed E-state index contributed by atoms with van der Waals surface area (Å²) in [7, 11) is 0. The lowest BCUT2D eigenvalue weighted by Gasteiger charge is -2.19. The van der Waals surface area contributed by atoms with E-state index in [9.17, 15) is 32.3 Å². The van der Waals surface area contributed by atoms with Crippen molar-refractivity contribution in [2.24, 2.45) is 5.92 Å². The fourth-order valence-electron chi connectivity index (χ4n) is 5.53. The molecule has 6 rings (SSSR count). The fraction of sp³-hybridized carbons (Fsp3) is 0.368. The lowest BCUT2D eigenvalue weighted by molar-refractivity contribution is 0.259. The molecule has 58 heavy (non-hydrogen) atoms. The molecule has 0 saturated carbocycles. The van der Waals surface area contributed by atoms with Crippen LogP contribution >= 0.6 is 23.5 Å². The molecule has 2 aromatic carbocycles. The molecule has 4 aromatic heterocycles. The Bertz CT molecular complexity index is 2430. The molecule has 4 heterocycles. The molecule has 0 aliphatic rings. The first-order valence-corrected chi connectivity index (χ1v) is 20.3. The first-order chi connectivity index (χ1) is 27.9. The number of halogens is 4. The van der Waals surface area contributed by atoms with Crippen molar-refractivity contribution in [3.63, 3.8) is 0 Å². The zero-order chi connectivity index (χ0) is 41.6. The van der Waals surface area contributed by atoms with Gasteiger partial charge in [0.15, 0.2) is 56.5 Å². The molecular weight excluding hydrogens is 801 g/mol. The topological polar surface area (TPSA) is 208 Å². The number of aromatic nitrogens is 8. The summed E-state index contributed by atoms with van der Waals surface area (Å²) in [6.07, 6.45) is 6.54. The minimum absolute atomic E-state index is 0.106. The Hall–Kier alpha value is -5.18. The number of rotatable bonds is 18. The summed E-state index contributed by atoms with van der Waals surface area (Å²) in [5, 5.41) is 25.4. The van der Waals surface area contributed by atoms with Crippen LogP contribution in [0.25, 0.3) is 22.3 Å². The van der Waals surface area contributed by atoms with E-state index in [1.165, 1.54) is 24.3 Å². The zero-order valence-corrected chi connectivity index (χ0v) is 33.2. The molecule has 0 spiro atoms. The minimum Gasteiger partial charge on any atom is -0.396 e. The second kappa shape index (κ2) is 21.5. The van der Waals surface area contributed by atoms with Gasteiger partial charge in [-0.15, -0.1) is 0 Å². The van der Waals surface area contributed by atoms with Crippen molar-refractivity contribution in [3.8, 4) is 0 Å². The fourth-order valence-corrected chi connectivity index (χ4v) is 7.17. The van der Waals surface area contributed by atoms with Crippen LogP contribution in [0.4, 0.5) is 29.2 Å². The van der Waals surface area contributed by atoms with E-state index < -0.39 is 34.4 Å². The normalized spacial score (nSPS) is 11.8. The number of fused-ring (bicyclic) bond motifs is 2. The Labute approximate surface area is 338 Å². The van der Waals surface area contributed by atoms with E-state index in [0.29, 0.717) is 46.7 Å².